The molecule has 18 heteroatoms. The monoisotopic (exact) mass is 804 g/mol. The summed E-state index contributed by atoms with van der Waals surface area (Å²) in [5, 5.41) is 11.2. The highest BCUT2D eigenvalue weighted by atomic mass is 79.9. The number of ether oxygens (including phenoxy) is 3. The SMILES string of the molecule is COc1cc2nc(CCn3c(=O)n4n(c3=O)C3CC5(Cl)C(=O)N(CBr)C(=O)C5(Cl)C(c5c(O)cccc5OC)C3=CC4)c(=O)n(C)c2cc1OC. The predicted octanol–water partition coefficient (Wildman–Crippen LogP) is 2.38. The lowest BCUT2D eigenvalue weighted by Crippen LogP contribution is -2.59. The fourth-order valence-corrected chi connectivity index (χ4v) is 9.05. The lowest BCUT2D eigenvalue weighted by Gasteiger charge is -2.49. The highest BCUT2D eigenvalue weighted by molar-refractivity contribution is 9.09. The van der Waals surface area contributed by atoms with E-state index in [1.54, 1.807) is 37.4 Å². The average Bonchev–Trinajstić information content (AvgIpc) is 3.45. The third kappa shape index (κ3) is 4.68. The van der Waals surface area contributed by atoms with E-state index in [9.17, 15) is 29.1 Å². The molecular weight excluding hydrogens is 775 g/mol. The summed E-state index contributed by atoms with van der Waals surface area (Å²) in [7, 11) is 5.92. The number of carbonyl (C=O) groups excluding carboxylic acids is 2. The van der Waals surface area contributed by atoms with Crippen molar-refractivity contribution >= 4 is 62.0 Å². The van der Waals surface area contributed by atoms with Crippen LogP contribution in [0.1, 0.15) is 29.6 Å². The number of aromatic hydroxyl groups is 1. The third-order valence-electron chi connectivity index (χ3n) is 10.1. The first-order valence-corrected chi connectivity index (χ1v) is 17.6. The smallest absolute Gasteiger partial charge is 0.347 e. The Morgan fingerprint density at radius 2 is 1.67 bits per heavy atom. The number of phenolic OH excluding ortho intramolecular Hbond substituents is 1. The van der Waals surface area contributed by atoms with Gasteiger partial charge in [0.1, 0.15) is 17.2 Å². The van der Waals surface area contributed by atoms with Gasteiger partial charge in [-0.2, -0.15) is 0 Å². The minimum Gasteiger partial charge on any atom is -0.508 e. The van der Waals surface area contributed by atoms with Crippen molar-refractivity contribution in [2.24, 2.45) is 7.05 Å². The van der Waals surface area contributed by atoms with E-state index in [2.05, 4.69) is 20.9 Å². The van der Waals surface area contributed by atoms with Crippen LogP contribution < -0.4 is 31.1 Å². The summed E-state index contributed by atoms with van der Waals surface area (Å²) in [5.41, 5.74) is -0.492. The molecule has 1 aliphatic carbocycles. The molecule has 2 aliphatic heterocycles. The molecule has 2 amide bonds. The van der Waals surface area contributed by atoms with Crippen LogP contribution >= 0.6 is 39.1 Å². The zero-order valence-electron chi connectivity index (χ0n) is 27.7. The van der Waals surface area contributed by atoms with Crippen molar-refractivity contribution < 1.29 is 28.9 Å². The summed E-state index contributed by atoms with van der Waals surface area (Å²) in [6.07, 6.45) is 1.26. The van der Waals surface area contributed by atoms with Crippen LogP contribution in [0.15, 0.2) is 56.4 Å². The predicted molar refractivity (Wildman–Crippen MR) is 189 cm³/mol. The van der Waals surface area contributed by atoms with E-state index in [-0.39, 0.29) is 54.1 Å². The molecule has 0 radical (unpaired) electrons. The van der Waals surface area contributed by atoms with Crippen LogP contribution in [-0.4, -0.2) is 81.8 Å². The van der Waals surface area contributed by atoms with Gasteiger partial charge < -0.3 is 23.9 Å². The Balaban J connectivity index is 1.34. The first kappa shape index (κ1) is 34.9. The van der Waals surface area contributed by atoms with Crippen LogP contribution in [0.3, 0.4) is 0 Å². The number of likely N-dealkylation sites (tertiary alicyclic amines) is 1. The van der Waals surface area contributed by atoms with Gasteiger partial charge in [-0.3, -0.25) is 19.3 Å². The standard InChI is InChI=1S/C33H31BrCl2N6O9/c1-38-19-13-24(51-4)23(50-3)12-18(19)37-17(27(38)44)9-10-39-30(47)41-11-8-16-20(42(41)31(39)48)14-32(35)28(45)40(15-34)29(46)33(32,36)26(16)25-21(43)6-5-7-22(25)49-2/h5-8,12-13,20,26,43H,9-11,14-15H2,1-4H3. The number of aromatic nitrogens is 5. The molecule has 7 rings (SSSR count). The molecule has 0 spiro atoms. The number of nitrogens with zero attached hydrogens (tertiary/aromatic N) is 6. The number of imide groups is 1. The second-order valence-electron chi connectivity index (χ2n) is 12.4. The van der Waals surface area contributed by atoms with Gasteiger partial charge in [-0.25, -0.2) is 28.5 Å². The first-order valence-electron chi connectivity index (χ1n) is 15.7. The molecule has 51 heavy (non-hydrogen) atoms. The lowest BCUT2D eigenvalue weighted by molar-refractivity contribution is -0.138. The number of hydrogen-bond donors (Lipinski definition) is 1. The van der Waals surface area contributed by atoms with Gasteiger partial charge in [-0.1, -0.05) is 28.1 Å². The summed E-state index contributed by atoms with van der Waals surface area (Å²) < 4.78 is 21.1. The molecule has 4 unspecified atom stereocenters. The Labute approximate surface area is 307 Å². The van der Waals surface area contributed by atoms with Crippen molar-refractivity contribution in [3.8, 4) is 23.0 Å². The number of benzene rings is 2. The summed E-state index contributed by atoms with van der Waals surface area (Å²) in [4.78, 5) is 70.5. The molecule has 3 aliphatic rings. The van der Waals surface area contributed by atoms with Gasteiger partial charge in [0.05, 0.1) is 50.4 Å². The normalized spacial score (nSPS) is 23.9. The van der Waals surface area contributed by atoms with Gasteiger partial charge in [-0.15, -0.1) is 23.2 Å². The number of carbonyl (C=O) groups is 2. The van der Waals surface area contributed by atoms with Gasteiger partial charge in [0.2, 0.25) is 0 Å². The van der Waals surface area contributed by atoms with Crippen LogP contribution in [0.2, 0.25) is 0 Å². The molecule has 4 aromatic rings. The molecule has 2 fully saturated rings. The fourth-order valence-electron chi connectivity index (χ4n) is 7.66. The van der Waals surface area contributed by atoms with Crippen molar-refractivity contribution in [3.05, 3.63) is 84.6 Å². The number of alkyl halides is 3. The maximum absolute atomic E-state index is 14.2. The van der Waals surface area contributed by atoms with Crippen LogP contribution in [0.5, 0.6) is 23.0 Å². The van der Waals surface area contributed by atoms with Gasteiger partial charge in [0.15, 0.2) is 21.2 Å². The molecule has 1 N–H and O–H groups in total. The average molecular weight is 806 g/mol. The molecule has 268 valence electrons. The van der Waals surface area contributed by atoms with E-state index in [4.69, 9.17) is 37.4 Å². The number of rotatable bonds is 8. The van der Waals surface area contributed by atoms with Crippen LogP contribution in [0.4, 0.5) is 0 Å². The Kier molecular flexibility index (Phi) is 8.42. The second kappa shape index (κ2) is 12.3. The molecule has 1 saturated heterocycles. The largest absolute Gasteiger partial charge is 0.508 e. The van der Waals surface area contributed by atoms with Crippen molar-refractivity contribution in [2.45, 2.75) is 47.6 Å². The number of fused-ring (bicyclic) bond motifs is 5. The minimum atomic E-state index is -2.14. The maximum atomic E-state index is 14.2. The summed E-state index contributed by atoms with van der Waals surface area (Å²) in [6.45, 7) is -0.311. The highest BCUT2D eigenvalue weighted by Gasteiger charge is 2.75. The van der Waals surface area contributed by atoms with Gasteiger partial charge >= 0.3 is 11.4 Å². The van der Waals surface area contributed by atoms with Crippen LogP contribution in [0.25, 0.3) is 11.0 Å². The van der Waals surface area contributed by atoms with Crippen molar-refractivity contribution in [1.82, 2.24) is 28.4 Å². The molecular formula is C33H31BrCl2N6O9. The molecule has 4 heterocycles. The zero-order chi connectivity index (χ0) is 36.7. The van der Waals surface area contributed by atoms with Crippen molar-refractivity contribution in [2.75, 3.05) is 26.8 Å². The fraction of sp³-hybridized carbons (Fsp3) is 0.394. The Hall–Kier alpha value is -4.54. The van der Waals surface area contributed by atoms with Crippen LogP contribution in [0, 0.1) is 0 Å². The lowest BCUT2D eigenvalue weighted by atomic mass is 9.64. The van der Waals surface area contributed by atoms with Gasteiger partial charge in [-0.05, 0) is 17.7 Å². The number of hydrogen-bond acceptors (Lipinski definition) is 10. The van der Waals surface area contributed by atoms with Crippen molar-refractivity contribution in [3.63, 3.8) is 0 Å². The number of halogens is 3. The number of methoxy groups -OCH3 is 3. The summed E-state index contributed by atoms with van der Waals surface area (Å²) in [6, 6.07) is 6.73. The number of allylic oxidation sites excluding steroid dienone is 2. The maximum Gasteiger partial charge on any atom is 0.347 e. The van der Waals surface area contributed by atoms with Gasteiger partial charge in [0, 0.05) is 50.0 Å². The van der Waals surface area contributed by atoms with E-state index in [0.717, 1.165) is 9.47 Å². The Morgan fingerprint density at radius 3 is 2.33 bits per heavy atom. The van der Waals surface area contributed by atoms with E-state index >= 15 is 0 Å². The number of aryl methyl sites for hydroxylation is 2. The zero-order valence-corrected chi connectivity index (χ0v) is 30.8. The molecule has 1 saturated carbocycles. The van der Waals surface area contributed by atoms with Crippen molar-refractivity contribution in [1.29, 1.82) is 0 Å². The summed E-state index contributed by atoms with van der Waals surface area (Å²) in [5.74, 6) is -2.11. The van der Waals surface area contributed by atoms with E-state index in [0.29, 0.717) is 28.1 Å². The first-order chi connectivity index (χ1) is 24.3. The van der Waals surface area contributed by atoms with Crippen LogP contribution in [-0.2, 0) is 36.1 Å². The molecule has 0 bridgehead atoms. The molecule has 2 aromatic carbocycles. The molecule has 2 aromatic heterocycles. The van der Waals surface area contributed by atoms with E-state index in [1.165, 1.54) is 41.3 Å². The molecule has 15 nitrogen and oxygen atoms in total. The number of amides is 2. The second-order valence-corrected chi connectivity index (χ2v) is 14.2. The van der Waals surface area contributed by atoms with Gasteiger partial charge in [0.25, 0.3) is 17.4 Å². The Bertz CT molecular complexity index is 2380. The molecule has 4 atom stereocenters. The summed E-state index contributed by atoms with van der Waals surface area (Å²) >= 11 is 17.7. The number of phenols is 1. The van der Waals surface area contributed by atoms with E-state index < -0.39 is 50.5 Å². The van der Waals surface area contributed by atoms with E-state index in [1.807, 2.05) is 0 Å². The topological polar surface area (TPSA) is 169 Å². The highest BCUT2D eigenvalue weighted by Crippen LogP contribution is 2.65. The third-order valence-corrected chi connectivity index (χ3v) is 12.0. The Morgan fingerprint density at radius 1 is 0.980 bits per heavy atom. The quantitative estimate of drug-likeness (QED) is 0.121. The minimum absolute atomic E-state index is 0.0732.